The molecule has 0 atom stereocenters. The number of aromatic nitrogens is 1. The molecule has 0 spiro atoms. The summed E-state index contributed by atoms with van der Waals surface area (Å²) in [4.78, 5) is 10.3. The number of nitrogens with zero attached hydrogens (tertiary/aromatic N) is 2. The molecule has 0 bridgehead atoms. The first kappa shape index (κ1) is 11.0. The molecule has 92 valence electrons. The van der Waals surface area contributed by atoms with Crippen molar-refractivity contribution in [2.45, 2.75) is 26.3 Å². The van der Waals surface area contributed by atoms with Crippen LogP contribution in [0.25, 0.3) is 11.1 Å². The topological polar surface area (TPSA) is 48.1 Å². The maximum absolute atomic E-state index is 10.6. The van der Waals surface area contributed by atoms with Gasteiger partial charge in [-0.2, -0.15) is 0 Å². The minimum Gasteiger partial charge on any atom is -0.348 e. The molecule has 0 unspecified atom stereocenters. The van der Waals surface area contributed by atoms with Crippen molar-refractivity contribution in [1.29, 1.82) is 0 Å². The van der Waals surface area contributed by atoms with Crippen molar-refractivity contribution in [2.75, 3.05) is 0 Å². The van der Waals surface area contributed by atoms with Crippen LogP contribution >= 0.6 is 0 Å². The molecule has 0 saturated heterocycles. The molecular weight excluding hydrogens is 228 g/mol. The number of rotatable bonds is 2. The lowest BCUT2D eigenvalue weighted by Gasteiger charge is -2.04. The lowest BCUT2D eigenvalue weighted by Crippen LogP contribution is -1.94. The van der Waals surface area contributed by atoms with Crippen LogP contribution in [-0.2, 0) is 13.0 Å². The second-order valence-corrected chi connectivity index (χ2v) is 4.69. The Morgan fingerprint density at radius 2 is 2.00 bits per heavy atom. The van der Waals surface area contributed by atoms with Gasteiger partial charge in [0.25, 0.3) is 5.69 Å². The highest BCUT2D eigenvalue weighted by molar-refractivity contribution is 5.68. The summed E-state index contributed by atoms with van der Waals surface area (Å²) >= 11 is 0. The van der Waals surface area contributed by atoms with E-state index in [9.17, 15) is 10.1 Å². The zero-order chi connectivity index (χ0) is 12.7. The number of fused-ring (bicyclic) bond motifs is 1. The van der Waals surface area contributed by atoms with Gasteiger partial charge in [-0.25, -0.2) is 0 Å². The SMILES string of the molecule is Cc1c(-c2ccc([N+](=O)[O-])cc2)cc2n1CCC2. The van der Waals surface area contributed by atoms with Crippen LogP contribution in [0.5, 0.6) is 0 Å². The summed E-state index contributed by atoms with van der Waals surface area (Å²) in [7, 11) is 0. The van der Waals surface area contributed by atoms with Crippen LogP contribution in [0.3, 0.4) is 0 Å². The highest BCUT2D eigenvalue weighted by atomic mass is 16.6. The molecule has 1 aliphatic heterocycles. The predicted molar refractivity (Wildman–Crippen MR) is 69.6 cm³/mol. The molecule has 2 aromatic rings. The smallest absolute Gasteiger partial charge is 0.269 e. The summed E-state index contributed by atoms with van der Waals surface area (Å²) in [5.41, 5.74) is 5.03. The molecule has 4 heteroatoms. The molecule has 2 heterocycles. The third-order valence-electron chi connectivity index (χ3n) is 3.66. The van der Waals surface area contributed by atoms with Crippen molar-refractivity contribution in [3.63, 3.8) is 0 Å². The standard InChI is InChI=1S/C14H14N2O2/c1-10-14(9-13-3-2-8-15(10)13)11-4-6-12(7-5-11)16(17)18/h4-7,9H,2-3,8H2,1H3. The van der Waals surface area contributed by atoms with Crippen molar-refractivity contribution in [2.24, 2.45) is 0 Å². The second-order valence-electron chi connectivity index (χ2n) is 4.69. The van der Waals surface area contributed by atoms with Crippen LogP contribution in [0.4, 0.5) is 5.69 Å². The van der Waals surface area contributed by atoms with E-state index in [-0.39, 0.29) is 10.6 Å². The van der Waals surface area contributed by atoms with Crippen LogP contribution in [0, 0.1) is 17.0 Å². The van der Waals surface area contributed by atoms with Crippen molar-refractivity contribution < 1.29 is 4.92 Å². The normalized spacial score (nSPS) is 13.6. The molecule has 1 aliphatic rings. The lowest BCUT2D eigenvalue weighted by molar-refractivity contribution is -0.384. The third kappa shape index (κ3) is 1.61. The predicted octanol–water partition coefficient (Wildman–Crippen LogP) is 3.32. The number of non-ortho nitro benzene ring substituents is 1. The van der Waals surface area contributed by atoms with Crippen LogP contribution in [-0.4, -0.2) is 9.49 Å². The number of benzene rings is 1. The van der Waals surface area contributed by atoms with E-state index in [0.717, 1.165) is 18.5 Å². The van der Waals surface area contributed by atoms with Gasteiger partial charge >= 0.3 is 0 Å². The van der Waals surface area contributed by atoms with E-state index in [1.54, 1.807) is 12.1 Å². The van der Waals surface area contributed by atoms with E-state index >= 15 is 0 Å². The van der Waals surface area contributed by atoms with Crippen molar-refractivity contribution >= 4 is 5.69 Å². The minimum absolute atomic E-state index is 0.142. The summed E-state index contributed by atoms with van der Waals surface area (Å²) in [5, 5.41) is 10.6. The maximum atomic E-state index is 10.6. The highest BCUT2D eigenvalue weighted by Crippen LogP contribution is 2.31. The number of nitro groups is 1. The zero-order valence-electron chi connectivity index (χ0n) is 10.2. The van der Waals surface area contributed by atoms with E-state index in [4.69, 9.17) is 0 Å². The molecular formula is C14H14N2O2. The van der Waals surface area contributed by atoms with Gasteiger partial charge in [0.1, 0.15) is 0 Å². The molecule has 18 heavy (non-hydrogen) atoms. The monoisotopic (exact) mass is 242 g/mol. The number of nitro benzene ring substituents is 1. The first-order chi connectivity index (χ1) is 8.66. The number of hydrogen-bond donors (Lipinski definition) is 0. The summed E-state index contributed by atoms with van der Waals surface area (Å²) in [6, 6.07) is 9.00. The molecule has 4 nitrogen and oxygen atoms in total. The Bertz CT molecular complexity index is 611. The van der Waals surface area contributed by atoms with E-state index in [1.165, 1.54) is 23.4 Å². The second kappa shape index (κ2) is 3.98. The fourth-order valence-corrected chi connectivity index (χ4v) is 2.70. The van der Waals surface area contributed by atoms with Gasteiger partial charge < -0.3 is 4.57 Å². The summed E-state index contributed by atoms with van der Waals surface area (Å²) in [6.45, 7) is 3.21. The molecule has 1 aromatic carbocycles. The molecule has 0 N–H and O–H groups in total. The Hall–Kier alpha value is -2.10. The number of aryl methyl sites for hydroxylation is 1. The quantitative estimate of drug-likeness (QED) is 0.599. The van der Waals surface area contributed by atoms with Gasteiger partial charge in [0.2, 0.25) is 0 Å². The van der Waals surface area contributed by atoms with E-state index in [0.29, 0.717) is 0 Å². The average molecular weight is 242 g/mol. The Kier molecular flexibility index (Phi) is 2.44. The lowest BCUT2D eigenvalue weighted by atomic mass is 10.1. The summed E-state index contributed by atoms with van der Waals surface area (Å²) < 4.78 is 2.34. The van der Waals surface area contributed by atoms with Crippen molar-refractivity contribution in [3.8, 4) is 11.1 Å². The zero-order valence-corrected chi connectivity index (χ0v) is 10.2. The fraction of sp³-hybridized carbons (Fsp3) is 0.286. The van der Waals surface area contributed by atoms with Gasteiger partial charge in [0, 0.05) is 35.6 Å². The Morgan fingerprint density at radius 3 is 2.61 bits per heavy atom. The van der Waals surface area contributed by atoms with E-state index in [2.05, 4.69) is 17.6 Å². The Labute approximate surface area is 105 Å². The van der Waals surface area contributed by atoms with Crippen molar-refractivity contribution in [3.05, 3.63) is 51.8 Å². The molecule has 0 aliphatic carbocycles. The van der Waals surface area contributed by atoms with Gasteiger partial charge in [-0.15, -0.1) is 0 Å². The van der Waals surface area contributed by atoms with Crippen LogP contribution in [0.15, 0.2) is 30.3 Å². The van der Waals surface area contributed by atoms with Crippen molar-refractivity contribution in [1.82, 2.24) is 4.57 Å². The van der Waals surface area contributed by atoms with Crippen LogP contribution in [0.1, 0.15) is 17.8 Å². The molecule has 1 aromatic heterocycles. The van der Waals surface area contributed by atoms with Gasteiger partial charge in [-0.3, -0.25) is 10.1 Å². The van der Waals surface area contributed by atoms with Gasteiger partial charge in [0.05, 0.1) is 4.92 Å². The van der Waals surface area contributed by atoms with Crippen LogP contribution in [0.2, 0.25) is 0 Å². The van der Waals surface area contributed by atoms with Gasteiger partial charge in [-0.1, -0.05) is 0 Å². The third-order valence-corrected chi connectivity index (χ3v) is 3.66. The van der Waals surface area contributed by atoms with E-state index in [1.807, 2.05) is 12.1 Å². The van der Waals surface area contributed by atoms with Gasteiger partial charge in [0.15, 0.2) is 0 Å². The van der Waals surface area contributed by atoms with Gasteiger partial charge in [-0.05, 0) is 43.5 Å². The first-order valence-corrected chi connectivity index (χ1v) is 6.10. The number of hydrogen-bond acceptors (Lipinski definition) is 2. The molecule has 0 amide bonds. The Morgan fingerprint density at radius 1 is 1.28 bits per heavy atom. The molecule has 0 saturated carbocycles. The molecule has 0 fully saturated rings. The average Bonchev–Trinajstić information content (AvgIpc) is 2.93. The largest absolute Gasteiger partial charge is 0.348 e. The van der Waals surface area contributed by atoms with E-state index < -0.39 is 0 Å². The maximum Gasteiger partial charge on any atom is 0.269 e. The fourth-order valence-electron chi connectivity index (χ4n) is 2.70. The minimum atomic E-state index is -0.365. The summed E-state index contributed by atoms with van der Waals surface area (Å²) in [5.74, 6) is 0. The molecule has 3 rings (SSSR count). The van der Waals surface area contributed by atoms with Crippen LogP contribution < -0.4 is 0 Å². The summed E-state index contributed by atoms with van der Waals surface area (Å²) in [6.07, 6.45) is 2.35. The highest BCUT2D eigenvalue weighted by Gasteiger charge is 2.17. The molecule has 0 radical (unpaired) electrons. The Balaban J connectivity index is 2.02. The first-order valence-electron chi connectivity index (χ1n) is 6.10.